The number of halogens is 1. The van der Waals surface area contributed by atoms with Crippen LogP contribution in [0.4, 0.5) is 4.39 Å². The van der Waals surface area contributed by atoms with Crippen molar-refractivity contribution < 1.29 is 18.6 Å². The Morgan fingerprint density at radius 1 is 0.947 bits per heavy atom. The Morgan fingerprint density at radius 2 is 1.74 bits per heavy atom. The van der Waals surface area contributed by atoms with E-state index in [-0.39, 0.29) is 11.8 Å². The molecule has 1 aromatic carbocycles. The normalized spacial score (nSPS) is 10.1. The molecule has 0 spiro atoms. The van der Waals surface area contributed by atoms with E-state index in [1.54, 1.807) is 12.1 Å². The lowest BCUT2D eigenvalue weighted by Crippen LogP contribution is -1.97. The molecule has 0 saturated heterocycles. The van der Waals surface area contributed by atoms with Crippen LogP contribution in [0.15, 0.2) is 24.3 Å². The third-order valence-corrected chi connectivity index (χ3v) is 2.52. The lowest BCUT2D eigenvalue weighted by atomic mass is 10.1. The molecule has 1 heterocycles. The standard InChI is InChI=1S/C13H13FN2O3/c1-17-11-5-4-8(6-9(11)14)10-7-12(18-2)16-13(15-10)19-3/h4-7H,1-3H3. The Morgan fingerprint density at radius 3 is 2.32 bits per heavy atom. The van der Waals surface area contributed by atoms with Gasteiger partial charge in [-0.1, -0.05) is 0 Å². The molecule has 0 aliphatic heterocycles. The zero-order valence-corrected chi connectivity index (χ0v) is 10.8. The largest absolute Gasteiger partial charge is 0.494 e. The van der Waals surface area contributed by atoms with E-state index in [4.69, 9.17) is 14.2 Å². The van der Waals surface area contributed by atoms with Crippen LogP contribution in [0.5, 0.6) is 17.6 Å². The molecule has 0 amide bonds. The first-order valence-corrected chi connectivity index (χ1v) is 5.49. The molecule has 0 aliphatic carbocycles. The van der Waals surface area contributed by atoms with Gasteiger partial charge in [-0.3, -0.25) is 0 Å². The predicted octanol–water partition coefficient (Wildman–Crippen LogP) is 2.31. The van der Waals surface area contributed by atoms with Crippen LogP contribution in [-0.4, -0.2) is 31.3 Å². The highest BCUT2D eigenvalue weighted by Crippen LogP contribution is 2.27. The minimum Gasteiger partial charge on any atom is -0.494 e. The smallest absolute Gasteiger partial charge is 0.320 e. The highest BCUT2D eigenvalue weighted by Gasteiger charge is 2.10. The number of rotatable bonds is 4. The number of nitrogens with zero attached hydrogens (tertiary/aromatic N) is 2. The van der Waals surface area contributed by atoms with Gasteiger partial charge in [0.2, 0.25) is 5.88 Å². The fourth-order valence-corrected chi connectivity index (χ4v) is 1.57. The second kappa shape index (κ2) is 5.51. The van der Waals surface area contributed by atoms with Crippen molar-refractivity contribution in [1.29, 1.82) is 0 Å². The predicted molar refractivity (Wildman–Crippen MR) is 67.1 cm³/mol. The number of methoxy groups -OCH3 is 3. The summed E-state index contributed by atoms with van der Waals surface area (Å²) in [7, 11) is 4.35. The van der Waals surface area contributed by atoms with Gasteiger partial charge in [0, 0.05) is 11.6 Å². The second-order valence-corrected chi connectivity index (χ2v) is 3.63. The Kier molecular flexibility index (Phi) is 3.79. The van der Waals surface area contributed by atoms with Crippen LogP contribution in [0.1, 0.15) is 0 Å². The van der Waals surface area contributed by atoms with Gasteiger partial charge in [0.05, 0.1) is 27.0 Å². The first kappa shape index (κ1) is 13.1. The lowest BCUT2D eigenvalue weighted by molar-refractivity contribution is 0.352. The maximum Gasteiger partial charge on any atom is 0.320 e. The van der Waals surface area contributed by atoms with E-state index in [0.29, 0.717) is 17.1 Å². The zero-order chi connectivity index (χ0) is 13.8. The van der Waals surface area contributed by atoms with E-state index in [1.165, 1.54) is 33.5 Å². The lowest BCUT2D eigenvalue weighted by Gasteiger charge is -2.07. The van der Waals surface area contributed by atoms with Gasteiger partial charge in [0.25, 0.3) is 0 Å². The summed E-state index contributed by atoms with van der Waals surface area (Å²) in [6, 6.07) is 6.32. The van der Waals surface area contributed by atoms with Gasteiger partial charge < -0.3 is 14.2 Å². The van der Waals surface area contributed by atoms with Gasteiger partial charge >= 0.3 is 6.01 Å². The van der Waals surface area contributed by atoms with Gasteiger partial charge in [0.15, 0.2) is 11.6 Å². The van der Waals surface area contributed by atoms with Gasteiger partial charge in [0.1, 0.15) is 0 Å². The van der Waals surface area contributed by atoms with Crippen molar-refractivity contribution in [3.05, 3.63) is 30.1 Å². The third kappa shape index (κ3) is 2.73. The summed E-state index contributed by atoms with van der Waals surface area (Å²) >= 11 is 0. The molecule has 100 valence electrons. The maximum absolute atomic E-state index is 13.7. The van der Waals surface area contributed by atoms with E-state index >= 15 is 0 Å². The summed E-state index contributed by atoms with van der Waals surface area (Å²) in [6.07, 6.45) is 0. The minimum atomic E-state index is -0.462. The van der Waals surface area contributed by atoms with Crippen molar-refractivity contribution in [2.24, 2.45) is 0 Å². The number of ether oxygens (including phenoxy) is 3. The molecule has 0 atom stereocenters. The number of hydrogen-bond donors (Lipinski definition) is 0. The molecule has 2 rings (SSSR count). The van der Waals surface area contributed by atoms with Crippen molar-refractivity contribution >= 4 is 0 Å². The zero-order valence-electron chi connectivity index (χ0n) is 10.8. The highest BCUT2D eigenvalue weighted by atomic mass is 19.1. The molecule has 0 aliphatic rings. The van der Waals surface area contributed by atoms with Crippen LogP contribution in [-0.2, 0) is 0 Å². The Balaban J connectivity index is 2.48. The number of aromatic nitrogens is 2. The molecule has 0 radical (unpaired) electrons. The van der Waals surface area contributed by atoms with Crippen LogP contribution >= 0.6 is 0 Å². The average molecular weight is 264 g/mol. The molecule has 0 fully saturated rings. The minimum absolute atomic E-state index is 0.158. The highest BCUT2D eigenvalue weighted by molar-refractivity contribution is 5.61. The first-order chi connectivity index (χ1) is 9.17. The Labute approximate surface area is 110 Å². The Bertz CT molecular complexity index is 568. The van der Waals surface area contributed by atoms with E-state index in [0.717, 1.165) is 0 Å². The number of hydrogen-bond acceptors (Lipinski definition) is 5. The molecule has 2 aromatic rings. The summed E-state index contributed by atoms with van der Waals surface area (Å²) < 4.78 is 28.6. The van der Waals surface area contributed by atoms with Crippen LogP contribution < -0.4 is 14.2 Å². The van der Waals surface area contributed by atoms with Gasteiger partial charge in [-0.05, 0) is 18.2 Å². The van der Waals surface area contributed by atoms with Gasteiger partial charge in [-0.2, -0.15) is 9.97 Å². The van der Waals surface area contributed by atoms with Crippen LogP contribution in [0.3, 0.4) is 0 Å². The molecule has 0 unspecified atom stereocenters. The average Bonchev–Trinajstić information content (AvgIpc) is 2.46. The maximum atomic E-state index is 13.7. The van der Waals surface area contributed by atoms with Crippen molar-refractivity contribution in [1.82, 2.24) is 9.97 Å². The summed E-state index contributed by atoms with van der Waals surface area (Å²) in [5.41, 5.74) is 1.09. The molecular formula is C13H13FN2O3. The monoisotopic (exact) mass is 264 g/mol. The summed E-state index contributed by atoms with van der Waals surface area (Å²) in [5, 5.41) is 0. The van der Waals surface area contributed by atoms with Crippen molar-refractivity contribution in [3.8, 4) is 28.9 Å². The van der Waals surface area contributed by atoms with E-state index in [1.807, 2.05) is 0 Å². The van der Waals surface area contributed by atoms with E-state index in [2.05, 4.69) is 9.97 Å². The third-order valence-electron chi connectivity index (χ3n) is 2.52. The molecular weight excluding hydrogens is 251 g/mol. The SMILES string of the molecule is COc1cc(-c2ccc(OC)c(F)c2)nc(OC)n1. The van der Waals surface area contributed by atoms with E-state index in [9.17, 15) is 4.39 Å². The fourth-order valence-electron chi connectivity index (χ4n) is 1.57. The van der Waals surface area contributed by atoms with Crippen LogP contribution in [0, 0.1) is 5.82 Å². The van der Waals surface area contributed by atoms with Crippen molar-refractivity contribution in [2.45, 2.75) is 0 Å². The molecule has 0 saturated carbocycles. The van der Waals surface area contributed by atoms with Crippen LogP contribution in [0.25, 0.3) is 11.3 Å². The molecule has 1 aromatic heterocycles. The van der Waals surface area contributed by atoms with Gasteiger partial charge in [-0.25, -0.2) is 4.39 Å². The number of benzene rings is 1. The molecule has 19 heavy (non-hydrogen) atoms. The molecule has 0 N–H and O–H groups in total. The van der Waals surface area contributed by atoms with E-state index < -0.39 is 5.82 Å². The summed E-state index contributed by atoms with van der Waals surface area (Å²) in [5.74, 6) is 0.0614. The summed E-state index contributed by atoms with van der Waals surface area (Å²) in [4.78, 5) is 8.12. The second-order valence-electron chi connectivity index (χ2n) is 3.63. The fraction of sp³-hybridized carbons (Fsp3) is 0.231. The van der Waals surface area contributed by atoms with Crippen LogP contribution in [0.2, 0.25) is 0 Å². The molecule has 0 bridgehead atoms. The molecule has 5 nitrogen and oxygen atoms in total. The topological polar surface area (TPSA) is 53.5 Å². The summed E-state index contributed by atoms with van der Waals surface area (Å²) in [6.45, 7) is 0. The first-order valence-electron chi connectivity index (χ1n) is 5.49. The van der Waals surface area contributed by atoms with Gasteiger partial charge in [-0.15, -0.1) is 0 Å². The van der Waals surface area contributed by atoms with Crippen molar-refractivity contribution in [3.63, 3.8) is 0 Å². The quantitative estimate of drug-likeness (QED) is 0.848. The Hall–Kier alpha value is -2.37. The van der Waals surface area contributed by atoms with Crippen molar-refractivity contribution in [2.75, 3.05) is 21.3 Å². The molecule has 6 heteroatoms.